The minimum absolute atomic E-state index is 0.191. The molecule has 0 aromatic heterocycles. The van der Waals surface area contributed by atoms with Crippen LogP contribution in [0.2, 0.25) is 20.1 Å². The molecule has 9 heteroatoms. The van der Waals surface area contributed by atoms with Crippen LogP contribution in [0.15, 0.2) is 42.5 Å². The summed E-state index contributed by atoms with van der Waals surface area (Å²) in [6.07, 6.45) is 0. The number of urea groups is 1. The molecule has 3 aromatic rings. The molecule has 0 bridgehead atoms. The molecule has 3 rings (SSSR count). The number of halogens is 4. The molecule has 0 fully saturated rings. The van der Waals surface area contributed by atoms with E-state index in [1.54, 1.807) is 50.2 Å². The molecule has 32 heavy (non-hydrogen) atoms. The highest BCUT2D eigenvalue weighted by Gasteiger charge is 2.19. The Kier molecular flexibility index (Phi) is 7.57. The predicted octanol–water partition coefficient (Wildman–Crippen LogP) is 7.98. The van der Waals surface area contributed by atoms with Crippen molar-refractivity contribution < 1.29 is 14.3 Å². The summed E-state index contributed by atoms with van der Waals surface area (Å²) >= 11 is 24.7. The van der Waals surface area contributed by atoms with Crippen LogP contribution in [0, 0.1) is 20.8 Å². The number of nitrogens with one attached hydrogen (secondary N) is 2. The highest BCUT2D eigenvalue weighted by Crippen LogP contribution is 2.41. The summed E-state index contributed by atoms with van der Waals surface area (Å²) in [4.78, 5) is 24.7. The van der Waals surface area contributed by atoms with Crippen LogP contribution in [-0.4, -0.2) is 11.9 Å². The number of hydrogen-bond donors (Lipinski definition) is 2. The number of ether oxygens (including phenoxy) is 1. The number of carbonyl (C=O) groups excluding carboxylic acids is 2. The van der Waals surface area contributed by atoms with E-state index < -0.39 is 11.9 Å². The standard InChI is InChI=1S/C23H18Cl4N2O3/c1-11-8-16(25)17(26)10-19(11)32-21-12(2)9-18(13(3)20(21)27)28-23(31)29-22(30)14-6-4-5-7-15(14)24/h4-10H,1-3H3,(H2,28,29,30,31). The molecule has 0 saturated heterocycles. The number of anilines is 1. The molecule has 0 spiro atoms. The van der Waals surface area contributed by atoms with E-state index in [9.17, 15) is 9.59 Å². The van der Waals surface area contributed by atoms with Crippen LogP contribution in [-0.2, 0) is 0 Å². The van der Waals surface area contributed by atoms with Gasteiger partial charge in [-0.3, -0.25) is 10.1 Å². The molecule has 0 aliphatic carbocycles. The Morgan fingerprint density at radius 2 is 1.50 bits per heavy atom. The van der Waals surface area contributed by atoms with Gasteiger partial charge in [-0.1, -0.05) is 58.5 Å². The number of rotatable bonds is 4. The molecule has 0 atom stereocenters. The maximum atomic E-state index is 12.4. The Balaban J connectivity index is 1.81. The van der Waals surface area contributed by atoms with Crippen molar-refractivity contribution >= 4 is 64.0 Å². The van der Waals surface area contributed by atoms with Gasteiger partial charge >= 0.3 is 6.03 Å². The van der Waals surface area contributed by atoms with Gasteiger partial charge < -0.3 is 10.1 Å². The lowest BCUT2D eigenvalue weighted by Crippen LogP contribution is -2.34. The van der Waals surface area contributed by atoms with Crippen molar-refractivity contribution in [2.75, 3.05) is 5.32 Å². The summed E-state index contributed by atoms with van der Waals surface area (Å²) in [5, 5.41) is 6.22. The number of benzene rings is 3. The van der Waals surface area contributed by atoms with E-state index in [0.29, 0.717) is 43.4 Å². The Labute approximate surface area is 205 Å². The zero-order valence-corrected chi connectivity index (χ0v) is 20.3. The molecular formula is C23H18Cl4N2O3. The average molecular weight is 512 g/mol. The highest BCUT2D eigenvalue weighted by molar-refractivity contribution is 6.42. The largest absolute Gasteiger partial charge is 0.455 e. The van der Waals surface area contributed by atoms with Crippen molar-refractivity contribution in [1.29, 1.82) is 0 Å². The first kappa shape index (κ1) is 24.2. The number of imide groups is 1. The molecule has 0 saturated carbocycles. The molecule has 5 nitrogen and oxygen atoms in total. The molecule has 0 radical (unpaired) electrons. The van der Waals surface area contributed by atoms with Crippen molar-refractivity contribution in [1.82, 2.24) is 5.32 Å². The van der Waals surface area contributed by atoms with Gasteiger partial charge in [0.2, 0.25) is 0 Å². The SMILES string of the molecule is Cc1cc(Cl)c(Cl)cc1Oc1c(C)cc(NC(=O)NC(=O)c2ccccc2Cl)c(C)c1Cl. The highest BCUT2D eigenvalue weighted by atomic mass is 35.5. The maximum absolute atomic E-state index is 12.4. The monoisotopic (exact) mass is 510 g/mol. The minimum Gasteiger partial charge on any atom is -0.455 e. The van der Waals surface area contributed by atoms with Gasteiger partial charge in [0.05, 0.1) is 25.7 Å². The summed E-state index contributed by atoms with van der Waals surface area (Å²) in [6.45, 7) is 5.34. The first-order valence-electron chi connectivity index (χ1n) is 9.38. The Hall–Kier alpha value is -2.44. The number of aryl methyl sites for hydroxylation is 2. The van der Waals surface area contributed by atoms with Crippen LogP contribution in [0.4, 0.5) is 10.5 Å². The van der Waals surface area contributed by atoms with Gasteiger partial charge in [-0.25, -0.2) is 4.79 Å². The van der Waals surface area contributed by atoms with E-state index in [2.05, 4.69) is 10.6 Å². The summed E-state index contributed by atoms with van der Waals surface area (Å²) in [7, 11) is 0. The Bertz CT molecular complexity index is 1230. The van der Waals surface area contributed by atoms with Crippen molar-refractivity contribution in [2.24, 2.45) is 0 Å². The van der Waals surface area contributed by atoms with E-state index in [1.165, 1.54) is 6.07 Å². The Morgan fingerprint density at radius 1 is 0.844 bits per heavy atom. The lowest BCUT2D eigenvalue weighted by atomic mass is 10.1. The second kappa shape index (κ2) is 10.0. The first-order chi connectivity index (χ1) is 15.1. The van der Waals surface area contributed by atoms with Crippen molar-refractivity contribution in [3.05, 3.63) is 84.8 Å². The van der Waals surface area contributed by atoms with E-state index in [4.69, 9.17) is 51.1 Å². The molecule has 0 aliphatic heterocycles. The second-order valence-electron chi connectivity index (χ2n) is 7.03. The van der Waals surface area contributed by atoms with Gasteiger partial charge in [0, 0.05) is 11.8 Å². The van der Waals surface area contributed by atoms with Crippen LogP contribution < -0.4 is 15.4 Å². The van der Waals surface area contributed by atoms with Crippen LogP contribution in [0.5, 0.6) is 11.5 Å². The summed E-state index contributed by atoms with van der Waals surface area (Å²) in [6, 6.07) is 10.7. The van der Waals surface area contributed by atoms with Gasteiger partial charge in [-0.05, 0) is 61.7 Å². The fourth-order valence-corrected chi connectivity index (χ4v) is 3.81. The van der Waals surface area contributed by atoms with Gasteiger partial charge in [0.15, 0.2) is 0 Å². The molecule has 3 aromatic carbocycles. The van der Waals surface area contributed by atoms with Gasteiger partial charge in [0.25, 0.3) is 5.91 Å². The zero-order chi connectivity index (χ0) is 23.6. The molecule has 3 amide bonds. The minimum atomic E-state index is -0.720. The number of carbonyl (C=O) groups is 2. The van der Waals surface area contributed by atoms with E-state index in [-0.39, 0.29) is 10.6 Å². The fourth-order valence-electron chi connectivity index (χ4n) is 2.92. The van der Waals surface area contributed by atoms with Crippen LogP contribution in [0.3, 0.4) is 0 Å². The molecule has 166 valence electrons. The molecule has 0 aliphatic rings. The van der Waals surface area contributed by atoms with Gasteiger partial charge in [-0.2, -0.15) is 0 Å². The van der Waals surface area contributed by atoms with E-state index >= 15 is 0 Å². The fraction of sp³-hybridized carbons (Fsp3) is 0.130. The molecule has 2 N–H and O–H groups in total. The first-order valence-corrected chi connectivity index (χ1v) is 10.9. The summed E-state index contributed by atoms with van der Waals surface area (Å²) in [5.41, 5.74) is 2.63. The predicted molar refractivity (Wildman–Crippen MR) is 130 cm³/mol. The number of amides is 3. The normalized spacial score (nSPS) is 10.6. The maximum Gasteiger partial charge on any atom is 0.326 e. The third-order valence-corrected chi connectivity index (χ3v) is 6.18. The van der Waals surface area contributed by atoms with Crippen molar-refractivity contribution in [3.8, 4) is 11.5 Å². The van der Waals surface area contributed by atoms with Crippen molar-refractivity contribution in [2.45, 2.75) is 20.8 Å². The van der Waals surface area contributed by atoms with E-state index in [0.717, 1.165) is 5.56 Å². The van der Waals surface area contributed by atoms with E-state index in [1.807, 2.05) is 6.92 Å². The molecular weight excluding hydrogens is 494 g/mol. The number of hydrogen-bond acceptors (Lipinski definition) is 3. The zero-order valence-electron chi connectivity index (χ0n) is 17.3. The molecule has 0 unspecified atom stereocenters. The van der Waals surface area contributed by atoms with Crippen LogP contribution in [0.25, 0.3) is 0 Å². The third-order valence-electron chi connectivity index (χ3n) is 4.68. The lowest BCUT2D eigenvalue weighted by Gasteiger charge is -2.18. The average Bonchev–Trinajstić information content (AvgIpc) is 2.73. The van der Waals surface area contributed by atoms with Gasteiger partial charge in [-0.15, -0.1) is 0 Å². The molecule has 0 heterocycles. The smallest absolute Gasteiger partial charge is 0.326 e. The second-order valence-corrected chi connectivity index (χ2v) is 8.63. The summed E-state index contributed by atoms with van der Waals surface area (Å²) < 4.78 is 6.01. The van der Waals surface area contributed by atoms with Crippen LogP contribution in [0.1, 0.15) is 27.0 Å². The topological polar surface area (TPSA) is 67.4 Å². The Morgan fingerprint density at radius 3 is 2.19 bits per heavy atom. The lowest BCUT2D eigenvalue weighted by molar-refractivity contribution is 0.0967. The van der Waals surface area contributed by atoms with Crippen molar-refractivity contribution in [3.63, 3.8) is 0 Å². The summed E-state index contributed by atoms with van der Waals surface area (Å²) in [5.74, 6) is 0.306. The van der Waals surface area contributed by atoms with Gasteiger partial charge in [0.1, 0.15) is 11.5 Å². The quantitative estimate of drug-likeness (QED) is 0.373. The third kappa shape index (κ3) is 5.30. The van der Waals surface area contributed by atoms with Crippen LogP contribution >= 0.6 is 46.4 Å².